The number of carbonyl (C=O) groups excluding carboxylic acids is 2. The summed E-state index contributed by atoms with van der Waals surface area (Å²) < 4.78 is 44.2. The van der Waals surface area contributed by atoms with E-state index in [1.807, 2.05) is 13.8 Å². The van der Waals surface area contributed by atoms with Crippen LogP contribution in [0.25, 0.3) is 0 Å². The van der Waals surface area contributed by atoms with Gasteiger partial charge in [0.15, 0.2) is 0 Å². The quantitative estimate of drug-likeness (QED) is 0.211. The van der Waals surface area contributed by atoms with E-state index in [4.69, 9.17) is 9.47 Å². The molecule has 1 aromatic carbocycles. The predicted octanol–water partition coefficient (Wildman–Crippen LogP) is 5.52. The van der Waals surface area contributed by atoms with Gasteiger partial charge >= 0.3 is 49.7 Å². The molecule has 0 fully saturated rings. The van der Waals surface area contributed by atoms with E-state index in [1.54, 1.807) is 0 Å². The third-order valence-corrected chi connectivity index (χ3v) is 6.69. The molecule has 4 unspecified atom stereocenters. The fourth-order valence-electron chi connectivity index (χ4n) is 3.25. The Labute approximate surface area is 231 Å². The maximum atomic E-state index is 12.7. The van der Waals surface area contributed by atoms with E-state index in [2.05, 4.69) is 27.7 Å². The zero-order chi connectivity index (χ0) is 24.5. The van der Waals surface area contributed by atoms with Crippen molar-refractivity contribution in [1.29, 1.82) is 0 Å². The predicted molar refractivity (Wildman–Crippen MR) is 131 cm³/mol. The monoisotopic (exact) mass is 512 g/mol. The molecular formula is C24H40CaO7S. The van der Waals surface area contributed by atoms with Crippen LogP contribution in [0.2, 0.25) is 0 Å². The number of hydrogen-bond donors (Lipinski definition) is 1. The maximum Gasteiger partial charge on any atom is 2.00 e. The third-order valence-electron chi connectivity index (χ3n) is 5.86. The Hall–Kier alpha value is -0.670. The molecule has 0 aliphatic heterocycles. The second-order valence-electron chi connectivity index (χ2n) is 8.59. The molecule has 0 amide bonds. The van der Waals surface area contributed by atoms with Gasteiger partial charge < -0.3 is 12.3 Å². The molecular weight excluding hydrogens is 472 g/mol. The largest absolute Gasteiger partial charge is 2.00 e. The van der Waals surface area contributed by atoms with Crippen LogP contribution in [0.4, 0.5) is 0 Å². The van der Waals surface area contributed by atoms with Gasteiger partial charge in [-0.2, -0.15) is 8.42 Å². The van der Waals surface area contributed by atoms with Gasteiger partial charge in [0, 0.05) is 0 Å². The molecule has 1 rings (SSSR count). The van der Waals surface area contributed by atoms with Crippen molar-refractivity contribution < 1.29 is 34.9 Å². The van der Waals surface area contributed by atoms with Gasteiger partial charge in [0.1, 0.15) is 12.2 Å². The van der Waals surface area contributed by atoms with Gasteiger partial charge in [0.25, 0.3) is 10.1 Å². The minimum atomic E-state index is -4.64. The Morgan fingerprint density at radius 3 is 1.45 bits per heavy atom. The summed E-state index contributed by atoms with van der Waals surface area (Å²) in [7, 11) is -4.64. The summed E-state index contributed by atoms with van der Waals surface area (Å²) in [5.41, 5.74) is -0.241. The Morgan fingerprint density at radius 2 is 1.18 bits per heavy atom. The minimum absolute atomic E-state index is 0. The Morgan fingerprint density at radius 1 is 0.818 bits per heavy atom. The van der Waals surface area contributed by atoms with Gasteiger partial charge in [-0.25, -0.2) is 9.59 Å². The molecule has 7 nitrogen and oxygen atoms in total. The van der Waals surface area contributed by atoms with E-state index in [1.165, 1.54) is 6.07 Å². The zero-order valence-electron chi connectivity index (χ0n) is 22.8. The van der Waals surface area contributed by atoms with Gasteiger partial charge in [-0.05, 0) is 55.7 Å². The number of carbonyl (C=O) groups is 2. The van der Waals surface area contributed by atoms with Crippen molar-refractivity contribution in [3.8, 4) is 0 Å². The van der Waals surface area contributed by atoms with Crippen molar-refractivity contribution in [2.24, 2.45) is 11.8 Å². The third kappa shape index (κ3) is 11.1. The van der Waals surface area contributed by atoms with Gasteiger partial charge in [0.2, 0.25) is 0 Å². The average Bonchev–Trinajstić information content (AvgIpc) is 2.76. The summed E-state index contributed by atoms with van der Waals surface area (Å²) in [5.74, 6) is -0.768. The Kier molecular flexibility index (Phi) is 15.0. The summed E-state index contributed by atoms with van der Waals surface area (Å²) >= 11 is 0. The normalized spacial score (nSPS) is 15.0. The molecule has 0 aliphatic rings. The van der Waals surface area contributed by atoms with Crippen molar-refractivity contribution >= 4 is 59.8 Å². The maximum absolute atomic E-state index is 12.7. The van der Waals surface area contributed by atoms with Crippen LogP contribution in [0, 0.1) is 11.8 Å². The van der Waals surface area contributed by atoms with Crippen LogP contribution in [-0.4, -0.2) is 74.9 Å². The van der Waals surface area contributed by atoms with Crippen molar-refractivity contribution in [3.63, 3.8) is 0 Å². The SMILES string of the molecule is CCC(C)CC(CC)OC(=O)c1cc(C(=O)OC(CC)CC(C)CC)cc(S(=O)(=O)O)c1.[Ca+2].[H-].[H-]. The molecule has 0 saturated carbocycles. The van der Waals surface area contributed by atoms with E-state index in [-0.39, 0.29) is 63.9 Å². The van der Waals surface area contributed by atoms with Crippen molar-refractivity contribution in [1.82, 2.24) is 0 Å². The van der Waals surface area contributed by atoms with Crippen molar-refractivity contribution in [3.05, 3.63) is 29.3 Å². The molecule has 186 valence electrons. The van der Waals surface area contributed by atoms with Crippen molar-refractivity contribution in [2.45, 2.75) is 97.2 Å². The molecule has 0 radical (unpaired) electrons. The van der Waals surface area contributed by atoms with E-state index in [0.29, 0.717) is 37.5 Å². The summed E-state index contributed by atoms with van der Waals surface area (Å²) in [6.07, 6.45) is 3.80. The van der Waals surface area contributed by atoms with Gasteiger partial charge in [-0.15, -0.1) is 0 Å². The molecule has 1 N–H and O–H groups in total. The molecule has 0 aliphatic carbocycles. The summed E-state index contributed by atoms with van der Waals surface area (Å²) in [6.45, 7) is 12.0. The van der Waals surface area contributed by atoms with Gasteiger partial charge in [-0.3, -0.25) is 4.55 Å². The van der Waals surface area contributed by atoms with E-state index in [9.17, 15) is 22.6 Å². The van der Waals surface area contributed by atoms with E-state index in [0.717, 1.165) is 25.0 Å². The van der Waals surface area contributed by atoms with Crippen LogP contribution >= 0.6 is 0 Å². The number of benzene rings is 1. The molecule has 0 aromatic heterocycles. The number of esters is 2. The zero-order valence-corrected chi connectivity index (χ0v) is 23.8. The van der Waals surface area contributed by atoms with Gasteiger partial charge in [-0.1, -0.05) is 54.4 Å². The number of rotatable bonds is 13. The minimum Gasteiger partial charge on any atom is -1.00 e. The van der Waals surface area contributed by atoms with Crippen LogP contribution in [0.1, 0.15) is 104 Å². The van der Waals surface area contributed by atoms with E-state index < -0.39 is 27.0 Å². The molecule has 0 spiro atoms. The summed E-state index contributed by atoms with van der Waals surface area (Å²) in [5, 5.41) is 0. The average molecular weight is 513 g/mol. The van der Waals surface area contributed by atoms with Crippen LogP contribution in [0.3, 0.4) is 0 Å². The first kappa shape index (κ1) is 32.3. The molecule has 0 saturated heterocycles. The second-order valence-corrected chi connectivity index (χ2v) is 10.0. The second kappa shape index (κ2) is 15.4. The first-order valence-electron chi connectivity index (χ1n) is 11.5. The molecule has 9 heteroatoms. The topological polar surface area (TPSA) is 107 Å². The molecule has 4 atom stereocenters. The number of ether oxygens (including phenoxy) is 2. The first-order chi connectivity index (χ1) is 14.9. The van der Waals surface area contributed by atoms with Gasteiger partial charge in [0.05, 0.1) is 16.0 Å². The number of hydrogen-bond acceptors (Lipinski definition) is 6. The first-order valence-corrected chi connectivity index (χ1v) is 12.9. The van der Waals surface area contributed by atoms with Crippen LogP contribution in [0.5, 0.6) is 0 Å². The van der Waals surface area contributed by atoms with E-state index >= 15 is 0 Å². The molecule has 33 heavy (non-hydrogen) atoms. The molecule has 0 heterocycles. The van der Waals surface area contributed by atoms with Crippen LogP contribution < -0.4 is 0 Å². The van der Waals surface area contributed by atoms with Crippen LogP contribution in [-0.2, 0) is 19.6 Å². The summed E-state index contributed by atoms with van der Waals surface area (Å²) in [6, 6.07) is 3.28. The molecule has 1 aromatic rings. The smallest absolute Gasteiger partial charge is 1.00 e. The fourth-order valence-corrected chi connectivity index (χ4v) is 3.80. The Balaban J connectivity index is -0.00000341. The Bertz CT molecular complexity index is 828. The summed E-state index contributed by atoms with van der Waals surface area (Å²) in [4.78, 5) is 24.9. The standard InChI is InChI=1S/C24H38O7S.Ca.2H/c1-7-16(5)11-20(9-3)30-23(25)18-13-19(15-22(14-18)32(27,28)29)24(26)31-21(10-4)12-17(6)8-2;;;/h13-17,20-21H,7-12H2,1-6H3,(H,27,28,29);;;/q;+2;2*-1. The van der Waals surface area contributed by atoms with Crippen LogP contribution in [0.15, 0.2) is 23.1 Å². The fraction of sp³-hybridized carbons (Fsp3) is 0.667. The van der Waals surface area contributed by atoms with Crippen molar-refractivity contribution in [2.75, 3.05) is 0 Å². The molecule has 0 bridgehead atoms.